The number of esters is 1. The van der Waals surface area contributed by atoms with Gasteiger partial charge >= 0.3 is 5.97 Å². The van der Waals surface area contributed by atoms with E-state index in [0.717, 1.165) is 16.5 Å². The number of fused-ring (bicyclic) bond motifs is 1. The maximum atomic E-state index is 11.6. The van der Waals surface area contributed by atoms with Crippen molar-refractivity contribution in [3.63, 3.8) is 0 Å². The lowest BCUT2D eigenvalue weighted by atomic mass is 10.1. The molecule has 2 aromatic rings. The minimum absolute atomic E-state index is 0.231. The van der Waals surface area contributed by atoms with Crippen molar-refractivity contribution in [2.45, 2.75) is 19.9 Å². The van der Waals surface area contributed by atoms with Gasteiger partial charge in [0.1, 0.15) is 6.04 Å². The van der Waals surface area contributed by atoms with Crippen molar-refractivity contribution >= 4 is 22.4 Å². The summed E-state index contributed by atoms with van der Waals surface area (Å²) in [6, 6.07) is 13.7. The number of hydrogen-bond donors (Lipinski definition) is 1. The Morgan fingerprint density at radius 3 is 2.72 bits per heavy atom. The van der Waals surface area contributed by atoms with Crippen molar-refractivity contribution in [2.75, 3.05) is 11.9 Å². The molecule has 2 rings (SSSR count). The van der Waals surface area contributed by atoms with E-state index in [1.165, 1.54) is 0 Å². The van der Waals surface area contributed by atoms with Crippen LogP contribution in [-0.2, 0) is 9.53 Å². The highest BCUT2D eigenvalue weighted by Gasteiger charge is 2.14. The number of nitrogens with one attached hydrogen (secondary N) is 1. The number of carbonyl (C=O) groups excluding carboxylic acids is 1. The molecule has 0 saturated carbocycles. The summed E-state index contributed by atoms with van der Waals surface area (Å²) in [6.07, 6.45) is 0. The summed E-state index contributed by atoms with van der Waals surface area (Å²) in [5.74, 6) is -0.231. The molecule has 0 amide bonds. The fourth-order valence-electron chi connectivity index (χ4n) is 1.91. The third-order valence-corrected chi connectivity index (χ3v) is 2.80. The minimum atomic E-state index is -0.351. The van der Waals surface area contributed by atoms with E-state index in [1.807, 2.05) is 37.3 Å². The third kappa shape index (κ3) is 2.62. The first kappa shape index (κ1) is 12.4. The number of rotatable bonds is 4. The molecule has 0 heterocycles. The molecule has 0 bridgehead atoms. The molecule has 94 valence electrons. The van der Waals surface area contributed by atoms with Crippen LogP contribution in [0.5, 0.6) is 0 Å². The summed E-state index contributed by atoms with van der Waals surface area (Å²) < 4.78 is 4.99. The zero-order valence-electron chi connectivity index (χ0n) is 10.6. The molecular formula is C15H17NO2. The van der Waals surface area contributed by atoms with Crippen LogP contribution in [0.2, 0.25) is 0 Å². The van der Waals surface area contributed by atoms with Gasteiger partial charge in [-0.1, -0.05) is 36.4 Å². The zero-order valence-corrected chi connectivity index (χ0v) is 10.6. The molecule has 3 heteroatoms. The summed E-state index contributed by atoms with van der Waals surface area (Å²) in [7, 11) is 0. The molecule has 2 aromatic carbocycles. The van der Waals surface area contributed by atoms with Gasteiger partial charge < -0.3 is 10.1 Å². The number of hydrogen-bond acceptors (Lipinski definition) is 3. The Labute approximate surface area is 107 Å². The highest BCUT2D eigenvalue weighted by atomic mass is 16.5. The van der Waals surface area contributed by atoms with E-state index >= 15 is 0 Å². The van der Waals surface area contributed by atoms with Crippen LogP contribution in [-0.4, -0.2) is 18.6 Å². The summed E-state index contributed by atoms with van der Waals surface area (Å²) in [5, 5.41) is 5.45. The van der Waals surface area contributed by atoms with Gasteiger partial charge in [-0.3, -0.25) is 0 Å². The van der Waals surface area contributed by atoms with E-state index in [2.05, 4.69) is 17.4 Å². The molecule has 0 aliphatic rings. The predicted molar refractivity (Wildman–Crippen MR) is 73.7 cm³/mol. The first-order chi connectivity index (χ1) is 8.72. The molecule has 0 saturated heterocycles. The normalized spacial score (nSPS) is 12.1. The van der Waals surface area contributed by atoms with Gasteiger partial charge in [-0.05, 0) is 25.3 Å². The van der Waals surface area contributed by atoms with Crippen LogP contribution in [0.4, 0.5) is 5.69 Å². The SMILES string of the molecule is CCOC(=O)[C@H](C)Nc1cccc2ccccc12. The quantitative estimate of drug-likeness (QED) is 0.838. The number of carbonyl (C=O) groups is 1. The topological polar surface area (TPSA) is 38.3 Å². The predicted octanol–water partition coefficient (Wildman–Crippen LogP) is 3.20. The molecule has 1 N–H and O–H groups in total. The van der Waals surface area contributed by atoms with Gasteiger partial charge in [-0.15, -0.1) is 0 Å². The van der Waals surface area contributed by atoms with Gasteiger partial charge in [0, 0.05) is 11.1 Å². The Kier molecular flexibility index (Phi) is 3.82. The lowest BCUT2D eigenvalue weighted by Crippen LogP contribution is -2.28. The number of ether oxygens (including phenoxy) is 1. The van der Waals surface area contributed by atoms with Crippen LogP contribution < -0.4 is 5.32 Å². The van der Waals surface area contributed by atoms with E-state index in [4.69, 9.17) is 4.74 Å². The third-order valence-electron chi connectivity index (χ3n) is 2.80. The first-order valence-electron chi connectivity index (χ1n) is 6.13. The van der Waals surface area contributed by atoms with Crippen molar-refractivity contribution in [3.8, 4) is 0 Å². The van der Waals surface area contributed by atoms with Gasteiger partial charge in [0.2, 0.25) is 0 Å². The molecule has 0 unspecified atom stereocenters. The molecule has 0 spiro atoms. The first-order valence-corrected chi connectivity index (χ1v) is 6.13. The zero-order chi connectivity index (χ0) is 13.0. The molecule has 0 radical (unpaired) electrons. The average molecular weight is 243 g/mol. The highest BCUT2D eigenvalue weighted by Crippen LogP contribution is 2.23. The van der Waals surface area contributed by atoms with Crippen LogP contribution in [0.15, 0.2) is 42.5 Å². The maximum Gasteiger partial charge on any atom is 0.328 e. The molecule has 3 nitrogen and oxygen atoms in total. The van der Waals surface area contributed by atoms with Crippen LogP contribution in [0, 0.1) is 0 Å². The highest BCUT2D eigenvalue weighted by molar-refractivity contribution is 5.95. The Morgan fingerprint density at radius 1 is 1.22 bits per heavy atom. The molecular weight excluding hydrogens is 226 g/mol. The fourth-order valence-corrected chi connectivity index (χ4v) is 1.91. The largest absolute Gasteiger partial charge is 0.464 e. The van der Waals surface area contributed by atoms with Gasteiger partial charge in [0.25, 0.3) is 0 Å². The van der Waals surface area contributed by atoms with E-state index in [1.54, 1.807) is 6.92 Å². The lowest BCUT2D eigenvalue weighted by Gasteiger charge is -2.15. The molecule has 0 aromatic heterocycles. The van der Waals surface area contributed by atoms with Crippen molar-refractivity contribution in [2.24, 2.45) is 0 Å². The van der Waals surface area contributed by atoms with Crippen LogP contribution in [0.1, 0.15) is 13.8 Å². The van der Waals surface area contributed by atoms with Gasteiger partial charge in [0.05, 0.1) is 6.61 Å². The molecule has 0 aliphatic heterocycles. The van der Waals surface area contributed by atoms with Gasteiger partial charge in [-0.2, -0.15) is 0 Å². The number of benzene rings is 2. The van der Waals surface area contributed by atoms with Crippen molar-refractivity contribution in [3.05, 3.63) is 42.5 Å². The Balaban J connectivity index is 2.24. The van der Waals surface area contributed by atoms with Crippen molar-refractivity contribution in [1.82, 2.24) is 0 Å². The molecule has 0 fully saturated rings. The lowest BCUT2D eigenvalue weighted by molar-refractivity contribution is -0.143. The van der Waals surface area contributed by atoms with E-state index in [0.29, 0.717) is 6.61 Å². The smallest absolute Gasteiger partial charge is 0.328 e. The second kappa shape index (κ2) is 5.54. The van der Waals surface area contributed by atoms with Crippen molar-refractivity contribution in [1.29, 1.82) is 0 Å². The number of anilines is 1. The molecule has 0 aliphatic carbocycles. The Morgan fingerprint density at radius 2 is 1.94 bits per heavy atom. The van der Waals surface area contributed by atoms with Crippen molar-refractivity contribution < 1.29 is 9.53 Å². The van der Waals surface area contributed by atoms with Crippen LogP contribution >= 0.6 is 0 Å². The monoisotopic (exact) mass is 243 g/mol. The van der Waals surface area contributed by atoms with E-state index in [-0.39, 0.29) is 12.0 Å². The molecule has 1 atom stereocenters. The standard InChI is InChI=1S/C15H17NO2/c1-3-18-15(17)11(2)16-14-10-6-8-12-7-4-5-9-13(12)14/h4-11,16H,3H2,1-2H3/t11-/m0/s1. The summed E-state index contributed by atoms with van der Waals surface area (Å²) in [4.78, 5) is 11.6. The van der Waals surface area contributed by atoms with E-state index < -0.39 is 0 Å². The van der Waals surface area contributed by atoms with Gasteiger partial charge in [-0.25, -0.2) is 4.79 Å². The second-order valence-corrected chi connectivity index (χ2v) is 4.14. The fraction of sp³-hybridized carbons (Fsp3) is 0.267. The second-order valence-electron chi connectivity index (χ2n) is 4.14. The summed E-state index contributed by atoms with van der Waals surface area (Å²) >= 11 is 0. The molecule has 18 heavy (non-hydrogen) atoms. The average Bonchev–Trinajstić information content (AvgIpc) is 2.39. The van der Waals surface area contributed by atoms with Crippen LogP contribution in [0.3, 0.4) is 0 Å². The maximum absolute atomic E-state index is 11.6. The minimum Gasteiger partial charge on any atom is -0.464 e. The summed E-state index contributed by atoms with van der Waals surface area (Å²) in [5.41, 5.74) is 0.952. The summed E-state index contributed by atoms with van der Waals surface area (Å²) in [6.45, 7) is 4.02. The van der Waals surface area contributed by atoms with Gasteiger partial charge in [0.15, 0.2) is 0 Å². The Bertz CT molecular complexity index is 546. The van der Waals surface area contributed by atoms with Crippen LogP contribution in [0.25, 0.3) is 10.8 Å². The Hall–Kier alpha value is -2.03. The van der Waals surface area contributed by atoms with E-state index in [9.17, 15) is 4.79 Å².